The summed E-state index contributed by atoms with van der Waals surface area (Å²) in [6, 6.07) is 0.204. The number of thiazole rings is 1. The van der Waals surface area contributed by atoms with E-state index in [2.05, 4.69) is 19.2 Å². The van der Waals surface area contributed by atoms with E-state index in [-0.39, 0.29) is 16.8 Å². The zero-order valence-corrected chi connectivity index (χ0v) is 13.0. The lowest BCUT2D eigenvalue weighted by Crippen LogP contribution is -2.33. The van der Waals surface area contributed by atoms with Crippen LogP contribution in [0, 0.1) is 12.8 Å². The average molecular weight is 284 g/mol. The Bertz CT molecular complexity index is 462. The molecule has 0 fully saturated rings. The van der Waals surface area contributed by atoms with E-state index in [0.29, 0.717) is 18.9 Å². The van der Waals surface area contributed by atoms with Crippen molar-refractivity contribution in [2.45, 2.75) is 59.5 Å². The van der Waals surface area contributed by atoms with Crippen LogP contribution in [0.5, 0.6) is 0 Å². The number of hydrogen-bond acceptors (Lipinski definition) is 3. The first-order chi connectivity index (χ1) is 8.90. The van der Waals surface area contributed by atoms with Crippen molar-refractivity contribution in [3.8, 4) is 0 Å². The molecule has 0 radical (unpaired) electrons. The summed E-state index contributed by atoms with van der Waals surface area (Å²) in [5.74, 6) is 0.681. The number of nitrogens with zero attached hydrogens (tertiary/aromatic N) is 1. The van der Waals surface area contributed by atoms with Gasteiger partial charge < -0.3 is 9.88 Å². The minimum Gasteiger partial charge on any atom is -0.354 e. The van der Waals surface area contributed by atoms with Crippen molar-refractivity contribution in [1.82, 2.24) is 9.88 Å². The average Bonchev–Trinajstić information content (AvgIpc) is 2.64. The second kappa shape index (κ2) is 7.48. The lowest BCUT2D eigenvalue weighted by molar-refractivity contribution is -0.122. The van der Waals surface area contributed by atoms with Gasteiger partial charge in [-0.05, 0) is 32.6 Å². The SMILES string of the molecule is Cc1csc(=O)n1CCC(=O)NC(C)CCC(C)C. The van der Waals surface area contributed by atoms with E-state index >= 15 is 0 Å². The summed E-state index contributed by atoms with van der Waals surface area (Å²) in [5.41, 5.74) is 0.927. The van der Waals surface area contributed by atoms with Gasteiger partial charge in [-0.2, -0.15) is 0 Å². The molecular weight excluding hydrogens is 260 g/mol. The van der Waals surface area contributed by atoms with E-state index < -0.39 is 0 Å². The summed E-state index contributed by atoms with van der Waals surface area (Å²) >= 11 is 1.18. The van der Waals surface area contributed by atoms with Gasteiger partial charge in [0.2, 0.25) is 5.91 Å². The molecule has 0 saturated heterocycles. The van der Waals surface area contributed by atoms with Crippen molar-refractivity contribution in [3.05, 3.63) is 20.7 Å². The maximum absolute atomic E-state index is 11.8. The Morgan fingerprint density at radius 2 is 2.05 bits per heavy atom. The van der Waals surface area contributed by atoms with Crippen molar-refractivity contribution in [1.29, 1.82) is 0 Å². The lowest BCUT2D eigenvalue weighted by atomic mass is 10.0. The molecule has 1 aromatic heterocycles. The van der Waals surface area contributed by atoms with Crippen LogP contribution in [-0.4, -0.2) is 16.5 Å². The number of amides is 1. The first-order valence-electron chi connectivity index (χ1n) is 6.84. The monoisotopic (exact) mass is 284 g/mol. The summed E-state index contributed by atoms with van der Waals surface area (Å²) in [5, 5.41) is 4.81. The largest absolute Gasteiger partial charge is 0.354 e. The Labute approximate surface area is 118 Å². The molecule has 0 bridgehead atoms. The molecule has 0 saturated carbocycles. The molecule has 1 aromatic rings. The van der Waals surface area contributed by atoms with E-state index in [4.69, 9.17) is 0 Å². The summed E-state index contributed by atoms with van der Waals surface area (Å²) in [6.45, 7) is 8.75. The summed E-state index contributed by atoms with van der Waals surface area (Å²) in [4.78, 5) is 23.3. The summed E-state index contributed by atoms with van der Waals surface area (Å²) in [6.07, 6.45) is 2.48. The minimum atomic E-state index is 0.0122. The van der Waals surface area contributed by atoms with Gasteiger partial charge in [-0.1, -0.05) is 25.2 Å². The molecule has 0 aliphatic heterocycles. The van der Waals surface area contributed by atoms with Crippen LogP contribution >= 0.6 is 11.3 Å². The van der Waals surface area contributed by atoms with E-state index in [0.717, 1.165) is 18.5 Å². The predicted octanol–water partition coefficient (Wildman–Crippen LogP) is 2.55. The molecule has 19 heavy (non-hydrogen) atoms. The van der Waals surface area contributed by atoms with E-state index in [9.17, 15) is 9.59 Å². The Kier molecular flexibility index (Phi) is 6.28. The van der Waals surface area contributed by atoms with Crippen LogP contribution in [0.25, 0.3) is 0 Å². The molecule has 1 atom stereocenters. The molecule has 5 heteroatoms. The predicted molar refractivity (Wildman–Crippen MR) is 79.6 cm³/mol. The van der Waals surface area contributed by atoms with Gasteiger partial charge in [0.1, 0.15) is 0 Å². The molecular formula is C14H24N2O2S. The van der Waals surface area contributed by atoms with E-state index in [1.54, 1.807) is 4.57 Å². The van der Waals surface area contributed by atoms with E-state index in [1.165, 1.54) is 11.3 Å². The molecule has 4 nitrogen and oxygen atoms in total. The fourth-order valence-corrected chi connectivity index (χ4v) is 2.65. The molecule has 0 spiro atoms. The maximum Gasteiger partial charge on any atom is 0.307 e. The third-order valence-electron chi connectivity index (χ3n) is 3.12. The van der Waals surface area contributed by atoms with Crippen LogP contribution in [0.15, 0.2) is 10.2 Å². The highest BCUT2D eigenvalue weighted by Gasteiger charge is 2.10. The molecule has 0 aromatic carbocycles. The van der Waals surface area contributed by atoms with Gasteiger partial charge in [0, 0.05) is 30.1 Å². The number of rotatable bonds is 7. The number of hydrogen-bond donors (Lipinski definition) is 1. The summed E-state index contributed by atoms with van der Waals surface area (Å²) in [7, 11) is 0. The van der Waals surface area contributed by atoms with Gasteiger partial charge in [0.25, 0.3) is 0 Å². The highest BCUT2D eigenvalue weighted by Crippen LogP contribution is 2.06. The van der Waals surface area contributed by atoms with Crippen LogP contribution < -0.4 is 10.2 Å². The number of carbonyl (C=O) groups excluding carboxylic acids is 1. The van der Waals surface area contributed by atoms with Gasteiger partial charge in [0.15, 0.2) is 0 Å². The molecule has 0 aliphatic carbocycles. The van der Waals surface area contributed by atoms with Crippen LogP contribution in [0.2, 0.25) is 0 Å². The fraction of sp³-hybridized carbons (Fsp3) is 0.714. The number of aromatic nitrogens is 1. The highest BCUT2D eigenvalue weighted by atomic mass is 32.1. The second-order valence-corrected chi connectivity index (χ2v) is 6.31. The fourth-order valence-electron chi connectivity index (χ4n) is 1.89. The molecule has 1 unspecified atom stereocenters. The van der Waals surface area contributed by atoms with Gasteiger partial charge in [-0.3, -0.25) is 9.59 Å². The Morgan fingerprint density at radius 1 is 1.37 bits per heavy atom. The summed E-state index contributed by atoms with van der Waals surface area (Å²) < 4.78 is 1.66. The van der Waals surface area contributed by atoms with E-state index in [1.807, 2.05) is 19.2 Å². The Hall–Kier alpha value is -1.10. The number of carbonyl (C=O) groups is 1. The van der Waals surface area contributed by atoms with Gasteiger partial charge >= 0.3 is 4.87 Å². The van der Waals surface area contributed by atoms with Crippen LogP contribution in [-0.2, 0) is 11.3 Å². The molecule has 108 valence electrons. The van der Waals surface area contributed by atoms with Gasteiger partial charge in [-0.25, -0.2) is 0 Å². The van der Waals surface area contributed by atoms with Crippen molar-refractivity contribution in [3.63, 3.8) is 0 Å². The van der Waals surface area contributed by atoms with Gasteiger partial charge in [0.05, 0.1) is 0 Å². The molecule has 1 rings (SSSR count). The topological polar surface area (TPSA) is 51.1 Å². The van der Waals surface area contributed by atoms with Gasteiger partial charge in [-0.15, -0.1) is 0 Å². The van der Waals surface area contributed by atoms with Crippen LogP contribution in [0.4, 0.5) is 0 Å². The lowest BCUT2D eigenvalue weighted by Gasteiger charge is -2.15. The van der Waals surface area contributed by atoms with Crippen LogP contribution in [0.3, 0.4) is 0 Å². The third kappa shape index (κ3) is 5.59. The molecule has 0 aliphatic rings. The first kappa shape index (κ1) is 16.0. The zero-order valence-electron chi connectivity index (χ0n) is 12.2. The van der Waals surface area contributed by atoms with Crippen molar-refractivity contribution in [2.75, 3.05) is 0 Å². The van der Waals surface area contributed by atoms with Crippen molar-refractivity contribution >= 4 is 17.2 Å². The normalized spacial score (nSPS) is 12.7. The zero-order chi connectivity index (χ0) is 14.4. The highest BCUT2D eigenvalue weighted by molar-refractivity contribution is 7.07. The number of aryl methyl sites for hydroxylation is 1. The molecule has 1 N–H and O–H groups in total. The standard InChI is InChI=1S/C14H24N2O2S/c1-10(2)5-6-11(3)15-13(17)7-8-16-12(4)9-19-14(16)18/h9-11H,5-8H2,1-4H3,(H,15,17). The number of nitrogens with one attached hydrogen (secondary N) is 1. The van der Waals surface area contributed by atoms with Crippen molar-refractivity contribution in [2.24, 2.45) is 5.92 Å². The first-order valence-corrected chi connectivity index (χ1v) is 7.72. The minimum absolute atomic E-state index is 0.0122. The second-order valence-electron chi connectivity index (χ2n) is 5.48. The smallest absolute Gasteiger partial charge is 0.307 e. The molecule has 1 amide bonds. The molecule has 1 heterocycles. The van der Waals surface area contributed by atoms with Crippen molar-refractivity contribution < 1.29 is 4.79 Å². The third-order valence-corrected chi connectivity index (χ3v) is 4.00. The van der Waals surface area contributed by atoms with Crippen LogP contribution in [0.1, 0.15) is 45.7 Å². The maximum atomic E-state index is 11.8. The Balaban J connectivity index is 2.34. The Morgan fingerprint density at radius 3 is 2.58 bits per heavy atom. The quantitative estimate of drug-likeness (QED) is 0.836.